The molecule has 0 radical (unpaired) electrons. The average molecular weight is 922 g/mol. The Morgan fingerprint density at radius 3 is 0.778 bits per heavy atom. The lowest BCUT2D eigenvalue weighted by molar-refractivity contribution is 1.22. The van der Waals surface area contributed by atoms with Crippen molar-refractivity contribution in [1.82, 2.24) is 0 Å². The van der Waals surface area contributed by atoms with Crippen LogP contribution in [0, 0.1) is 0 Å². The van der Waals surface area contributed by atoms with E-state index in [0.29, 0.717) is 0 Å². The number of anilines is 15. The lowest BCUT2D eigenvalue weighted by Crippen LogP contribution is -2.61. The number of hydrogen-bond donors (Lipinski definition) is 0. The summed E-state index contributed by atoms with van der Waals surface area (Å²) in [5.74, 6) is 0. The van der Waals surface area contributed by atoms with E-state index < -0.39 is 0 Å². The fraction of sp³-hybridized carbons (Fsp3) is 0. The smallest absolute Gasteiger partial charge is 0.252 e. The monoisotopic (exact) mass is 921 g/mol. The molecule has 6 heteroatoms. The molecular formula is C66H48BN5. The first kappa shape index (κ1) is 42.6. The minimum Gasteiger partial charge on any atom is -0.311 e. The molecule has 0 atom stereocenters. The third-order valence-electron chi connectivity index (χ3n) is 13.9. The molecule has 0 saturated carbocycles. The summed E-state index contributed by atoms with van der Waals surface area (Å²) < 4.78 is 0. The zero-order chi connectivity index (χ0) is 47.8. The molecule has 0 N–H and O–H groups in total. The van der Waals surface area contributed by atoms with E-state index in [1.54, 1.807) is 0 Å². The largest absolute Gasteiger partial charge is 0.311 e. The zero-order valence-corrected chi connectivity index (χ0v) is 39.5. The van der Waals surface area contributed by atoms with Gasteiger partial charge in [-0.3, -0.25) is 0 Å². The van der Waals surface area contributed by atoms with Crippen molar-refractivity contribution in [3.8, 4) is 0 Å². The van der Waals surface area contributed by atoms with Gasteiger partial charge in [-0.1, -0.05) is 146 Å². The third-order valence-corrected chi connectivity index (χ3v) is 13.9. The van der Waals surface area contributed by atoms with E-state index in [0.717, 1.165) is 85.3 Å². The number of rotatable bonds is 11. The van der Waals surface area contributed by atoms with Crippen LogP contribution in [-0.2, 0) is 0 Å². The van der Waals surface area contributed by atoms with Crippen molar-refractivity contribution < 1.29 is 0 Å². The lowest BCUT2D eigenvalue weighted by atomic mass is 9.33. The summed E-state index contributed by atoms with van der Waals surface area (Å²) >= 11 is 0. The highest BCUT2D eigenvalue weighted by molar-refractivity contribution is 7.00. The molecule has 0 spiro atoms. The normalized spacial score (nSPS) is 12.1. The molecule has 72 heavy (non-hydrogen) atoms. The molecule has 2 aliphatic rings. The van der Waals surface area contributed by atoms with Crippen LogP contribution in [0.4, 0.5) is 85.3 Å². The van der Waals surface area contributed by atoms with Gasteiger partial charge in [-0.15, -0.1) is 0 Å². The van der Waals surface area contributed by atoms with Crippen molar-refractivity contribution in [2.24, 2.45) is 0 Å². The van der Waals surface area contributed by atoms with Gasteiger partial charge in [0.15, 0.2) is 0 Å². The van der Waals surface area contributed by atoms with Gasteiger partial charge in [0.1, 0.15) is 0 Å². The quantitative estimate of drug-likeness (QED) is 0.120. The summed E-state index contributed by atoms with van der Waals surface area (Å²) in [7, 11) is 0. The Morgan fingerprint density at radius 1 is 0.222 bits per heavy atom. The second-order valence-corrected chi connectivity index (χ2v) is 18.2. The van der Waals surface area contributed by atoms with Gasteiger partial charge < -0.3 is 24.5 Å². The topological polar surface area (TPSA) is 16.2 Å². The molecule has 11 aromatic carbocycles. The Bertz CT molecular complexity index is 3330. The molecular weight excluding hydrogens is 874 g/mol. The molecule has 0 amide bonds. The molecule has 0 fully saturated rings. The van der Waals surface area contributed by atoms with Gasteiger partial charge in [0.05, 0.1) is 5.69 Å². The Kier molecular flexibility index (Phi) is 10.9. The summed E-state index contributed by atoms with van der Waals surface area (Å²) in [5, 5.41) is 0. The number of fused-ring (bicyclic) bond motifs is 4. The van der Waals surface area contributed by atoms with Crippen molar-refractivity contribution in [2.75, 3.05) is 24.5 Å². The van der Waals surface area contributed by atoms with Gasteiger partial charge in [-0.2, -0.15) is 0 Å². The molecule has 11 aromatic rings. The summed E-state index contributed by atoms with van der Waals surface area (Å²) in [5.41, 5.74) is 20.1. The van der Waals surface area contributed by atoms with Crippen molar-refractivity contribution in [1.29, 1.82) is 0 Å². The van der Waals surface area contributed by atoms with Crippen LogP contribution in [0.25, 0.3) is 0 Å². The standard InChI is InChI=1S/C66H48BN5/c1-9-25-49(26-10-1)68(50-27-11-2-12-28-50)57-41-43-62-60(45-57)67-61-46-58(69(51-29-13-3-14-30-51)52-31-15-4-16-32-52)42-44-63(61)72(56-39-23-8-24-40-56)65-48-59(47-64(66(65)67)71(62)55-37-21-7-22-38-55)70(53-33-17-5-18-34-53)54-35-19-6-20-36-54/h1-48H. The summed E-state index contributed by atoms with van der Waals surface area (Å²) in [4.78, 5) is 12.2. The maximum absolute atomic E-state index is 2.50. The zero-order valence-electron chi connectivity index (χ0n) is 39.5. The Hall–Kier alpha value is -9.52. The predicted octanol–water partition coefficient (Wildman–Crippen LogP) is 16.2. The molecule has 13 rings (SSSR count). The molecule has 0 aromatic heterocycles. The van der Waals surface area contributed by atoms with Crippen LogP contribution in [0.1, 0.15) is 0 Å². The van der Waals surface area contributed by atoms with Gasteiger partial charge >= 0.3 is 0 Å². The van der Waals surface area contributed by atoms with E-state index in [4.69, 9.17) is 0 Å². The second kappa shape index (κ2) is 18.4. The van der Waals surface area contributed by atoms with Crippen LogP contribution in [0.5, 0.6) is 0 Å². The third kappa shape index (κ3) is 7.54. The average Bonchev–Trinajstić information content (AvgIpc) is 3.45. The van der Waals surface area contributed by atoms with Crippen LogP contribution in [0.3, 0.4) is 0 Å². The Labute approximate surface area is 422 Å². The molecule has 5 nitrogen and oxygen atoms in total. The number of benzene rings is 11. The van der Waals surface area contributed by atoms with E-state index in [-0.39, 0.29) is 6.71 Å². The number of para-hydroxylation sites is 8. The van der Waals surface area contributed by atoms with E-state index in [1.165, 1.54) is 16.4 Å². The highest BCUT2D eigenvalue weighted by Crippen LogP contribution is 2.49. The lowest BCUT2D eigenvalue weighted by Gasteiger charge is -2.45. The number of hydrogen-bond acceptors (Lipinski definition) is 5. The first-order valence-corrected chi connectivity index (χ1v) is 24.6. The van der Waals surface area contributed by atoms with Gasteiger partial charge in [0, 0.05) is 79.6 Å². The highest BCUT2D eigenvalue weighted by Gasteiger charge is 2.45. The Morgan fingerprint density at radius 2 is 0.486 bits per heavy atom. The van der Waals surface area contributed by atoms with Crippen molar-refractivity contribution in [3.63, 3.8) is 0 Å². The summed E-state index contributed by atoms with van der Waals surface area (Å²) in [6.07, 6.45) is 0. The molecule has 0 bridgehead atoms. The Balaban J connectivity index is 1.14. The van der Waals surface area contributed by atoms with Crippen LogP contribution >= 0.6 is 0 Å². The molecule has 2 heterocycles. The van der Waals surface area contributed by atoms with E-state index in [2.05, 4.69) is 316 Å². The first-order valence-electron chi connectivity index (χ1n) is 24.6. The maximum Gasteiger partial charge on any atom is 0.252 e. The fourth-order valence-corrected chi connectivity index (χ4v) is 10.9. The van der Waals surface area contributed by atoms with Gasteiger partial charge in [-0.25, -0.2) is 0 Å². The van der Waals surface area contributed by atoms with Crippen LogP contribution in [0.15, 0.2) is 291 Å². The highest BCUT2D eigenvalue weighted by atomic mass is 15.2. The predicted molar refractivity (Wildman–Crippen MR) is 305 cm³/mol. The SMILES string of the molecule is c1ccc(N(c2ccccc2)c2ccc3c(c2)B2c4cc(N(c5ccccc5)c5ccccc5)ccc4N(c4ccccc4)c4cc(N(c5ccccc5)c5ccccc5)cc(c42)N3c2ccccc2)cc1. The maximum atomic E-state index is 2.50. The second-order valence-electron chi connectivity index (χ2n) is 18.2. The van der Waals surface area contributed by atoms with Crippen LogP contribution in [-0.4, -0.2) is 6.71 Å². The summed E-state index contributed by atoms with van der Waals surface area (Å²) in [6, 6.07) is 105. The van der Waals surface area contributed by atoms with E-state index in [9.17, 15) is 0 Å². The molecule has 340 valence electrons. The van der Waals surface area contributed by atoms with Crippen LogP contribution in [0.2, 0.25) is 0 Å². The molecule has 0 aliphatic carbocycles. The fourth-order valence-electron chi connectivity index (χ4n) is 10.9. The van der Waals surface area contributed by atoms with Crippen molar-refractivity contribution in [2.45, 2.75) is 0 Å². The molecule has 0 unspecified atom stereocenters. The molecule has 2 aliphatic heterocycles. The van der Waals surface area contributed by atoms with Crippen LogP contribution < -0.4 is 40.9 Å². The minimum atomic E-state index is -0.183. The van der Waals surface area contributed by atoms with Crippen molar-refractivity contribution in [3.05, 3.63) is 291 Å². The summed E-state index contributed by atoms with van der Waals surface area (Å²) in [6.45, 7) is -0.183. The van der Waals surface area contributed by atoms with E-state index in [1.807, 2.05) is 0 Å². The van der Waals surface area contributed by atoms with Gasteiger partial charge in [-0.05, 0) is 162 Å². The van der Waals surface area contributed by atoms with Gasteiger partial charge in [0.2, 0.25) is 0 Å². The minimum absolute atomic E-state index is 0.183. The first-order chi connectivity index (χ1) is 35.8. The number of nitrogens with zero attached hydrogens (tertiary/aromatic N) is 5. The molecule has 0 saturated heterocycles. The van der Waals surface area contributed by atoms with Crippen molar-refractivity contribution >= 4 is 108 Å². The van der Waals surface area contributed by atoms with E-state index >= 15 is 0 Å². The van der Waals surface area contributed by atoms with Gasteiger partial charge in [0.25, 0.3) is 6.71 Å².